The fourth-order valence-electron chi connectivity index (χ4n) is 2.69. The second kappa shape index (κ2) is 7.56. The third kappa shape index (κ3) is 4.21. The molecule has 2 aromatic rings. The summed E-state index contributed by atoms with van der Waals surface area (Å²) in [6.45, 7) is -0.00990. The minimum absolute atomic E-state index is 0.00990. The number of hydrogen-bond acceptors (Lipinski definition) is 3. The fourth-order valence-corrected chi connectivity index (χ4v) is 2.95. The van der Waals surface area contributed by atoms with Gasteiger partial charge in [-0.2, -0.15) is 13.2 Å². The second-order valence-corrected chi connectivity index (χ2v) is 6.29. The molecule has 9 heteroatoms. The normalized spacial score (nSPS) is 16.6. The van der Waals surface area contributed by atoms with Crippen molar-refractivity contribution < 1.29 is 22.4 Å². The zero-order chi connectivity index (χ0) is 19.6. The lowest BCUT2D eigenvalue weighted by Gasteiger charge is -2.25. The maximum absolute atomic E-state index is 13.7. The molecule has 0 radical (unpaired) electrons. The summed E-state index contributed by atoms with van der Waals surface area (Å²) in [4.78, 5) is 17.7. The highest BCUT2D eigenvalue weighted by Gasteiger charge is 2.34. The van der Waals surface area contributed by atoms with Crippen molar-refractivity contribution in [2.24, 2.45) is 0 Å². The number of anilines is 1. The van der Waals surface area contributed by atoms with Crippen molar-refractivity contribution in [3.8, 4) is 0 Å². The van der Waals surface area contributed by atoms with Gasteiger partial charge in [0.25, 0.3) is 0 Å². The van der Waals surface area contributed by atoms with Crippen molar-refractivity contribution in [2.75, 3.05) is 4.90 Å². The Balaban J connectivity index is 1.74. The summed E-state index contributed by atoms with van der Waals surface area (Å²) in [5, 5.41) is 2.41. The zero-order valence-corrected chi connectivity index (χ0v) is 14.6. The number of nitrogens with zero attached hydrogens (tertiary/aromatic N) is 2. The predicted molar refractivity (Wildman–Crippen MR) is 92.5 cm³/mol. The van der Waals surface area contributed by atoms with Gasteiger partial charge in [0.2, 0.25) is 5.91 Å². The highest BCUT2D eigenvalue weighted by atomic mass is 35.5. The fraction of sp³-hybridized carbons (Fsp3) is 0.222. The molecule has 4 nitrogen and oxygen atoms in total. The molecule has 1 atom stereocenters. The second-order valence-electron chi connectivity index (χ2n) is 5.88. The topological polar surface area (TPSA) is 45.2 Å². The third-order valence-electron chi connectivity index (χ3n) is 4.07. The maximum atomic E-state index is 13.7. The van der Waals surface area contributed by atoms with E-state index < -0.39 is 29.5 Å². The van der Waals surface area contributed by atoms with E-state index in [9.17, 15) is 22.4 Å². The number of hydrogen-bond donors (Lipinski definition) is 1. The molecule has 142 valence electrons. The average molecular weight is 400 g/mol. The Bertz CT molecular complexity index is 885. The van der Waals surface area contributed by atoms with Crippen LogP contribution in [-0.2, 0) is 17.5 Å². The monoisotopic (exact) mass is 399 g/mol. The van der Waals surface area contributed by atoms with Crippen molar-refractivity contribution >= 4 is 23.3 Å². The van der Waals surface area contributed by atoms with Crippen molar-refractivity contribution in [1.29, 1.82) is 0 Å². The summed E-state index contributed by atoms with van der Waals surface area (Å²) in [5.41, 5.74) is -0.644. The Kier molecular flexibility index (Phi) is 5.36. The number of amides is 1. The van der Waals surface area contributed by atoms with Gasteiger partial charge in [-0.05, 0) is 18.6 Å². The van der Waals surface area contributed by atoms with Crippen LogP contribution in [0.4, 0.5) is 23.4 Å². The summed E-state index contributed by atoms with van der Waals surface area (Å²) in [7, 11) is 0. The molecule has 0 saturated carbocycles. The first-order valence-corrected chi connectivity index (χ1v) is 8.34. The number of pyridine rings is 1. The van der Waals surface area contributed by atoms with Crippen molar-refractivity contribution in [3.63, 3.8) is 0 Å². The van der Waals surface area contributed by atoms with E-state index in [1.165, 1.54) is 17.2 Å². The molecule has 0 fully saturated rings. The molecule has 0 aliphatic carbocycles. The van der Waals surface area contributed by atoms with Gasteiger partial charge < -0.3 is 10.2 Å². The van der Waals surface area contributed by atoms with Crippen molar-refractivity contribution in [1.82, 2.24) is 10.3 Å². The molecule has 27 heavy (non-hydrogen) atoms. The summed E-state index contributed by atoms with van der Waals surface area (Å²) in [6.07, 6.45) is -0.353. The number of carbonyl (C=O) groups is 1. The van der Waals surface area contributed by atoms with Crippen LogP contribution in [0.15, 0.2) is 48.8 Å². The van der Waals surface area contributed by atoms with E-state index in [0.29, 0.717) is 18.2 Å². The van der Waals surface area contributed by atoms with Gasteiger partial charge in [-0.1, -0.05) is 35.9 Å². The molecule has 1 N–H and O–H groups in total. The minimum atomic E-state index is -4.56. The highest BCUT2D eigenvalue weighted by molar-refractivity contribution is 6.33. The van der Waals surface area contributed by atoms with Crippen LogP contribution in [-0.4, -0.2) is 16.9 Å². The van der Waals surface area contributed by atoms with Gasteiger partial charge in [0.15, 0.2) is 5.82 Å². The highest BCUT2D eigenvalue weighted by Crippen LogP contribution is 2.35. The SMILES string of the molecule is O=C(NCc1ccccc1F)C1CC=CN1c1ncc(C(F)(F)F)cc1Cl. The maximum Gasteiger partial charge on any atom is 0.417 e. The Morgan fingerprint density at radius 2 is 2.07 bits per heavy atom. The number of aromatic nitrogens is 1. The molecule has 1 aromatic carbocycles. The molecule has 0 bridgehead atoms. The number of rotatable bonds is 4. The van der Waals surface area contributed by atoms with Gasteiger partial charge in [-0.3, -0.25) is 4.79 Å². The number of nitrogens with one attached hydrogen (secondary N) is 1. The zero-order valence-electron chi connectivity index (χ0n) is 13.8. The van der Waals surface area contributed by atoms with E-state index in [1.54, 1.807) is 24.3 Å². The molecule has 1 aromatic heterocycles. The molecule has 1 aliphatic heterocycles. The van der Waals surface area contributed by atoms with Gasteiger partial charge in [0.1, 0.15) is 11.9 Å². The van der Waals surface area contributed by atoms with E-state index in [1.807, 2.05) is 0 Å². The van der Waals surface area contributed by atoms with Crippen LogP contribution in [0, 0.1) is 5.82 Å². The summed E-state index contributed by atoms with van der Waals surface area (Å²) < 4.78 is 51.9. The van der Waals surface area contributed by atoms with Crippen LogP contribution < -0.4 is 10.2 Å². The average Bonchev–Trinajstić information content (AvgIpc) is 3.09. The lowest BCUT2D eigenvalue weighted by Crippen LogP contribution is -2.42. The Morgan fingerprint density at radius 3 is 2.74 bits per heavy atom. The van der Waals surface area contributed by atoms with E-state index in [2.05, 4.69) is 10.3 Å². The molecule has 1 aliphatic rings. The smallest absolute Gasteiger partial charge is 0.350 e. The molecule has 1 amide bonds. The lowest BCUT2D eigenvalue weighted by atomic mass is 10.1. The Labute approximate surface area is 157 Å². The standard InChI is InChI=1S/C18H14ClF4N3O/c19-13-8-12(18(21,22)23)10-24-16(13)26-7-3-6-15(26)17(27)25-9-11-4-1-2-5-14(11)20/h1-5,7-8,10,15H,6,9H2,(H,25,27). The van der Waals surface area contributed by atoms with Gasteiger partial charge >= 0.3 is 6.18 Å². The third-order valence-corrected chi connectivity index (χ3v) is 4.35. The van der Waals surface area contributed by atoms with Crippen LogP contribution in [0.2, 0.25) is 5.02 Å². The van der Waals surface area contributed by atoms with Gasteiger partial charge in [0.05, 0.1) is 10.6 Å². The largest absolute Gasteiger partial charge is 0.417 e. The molecule has 3 rings (SSSR count). The van der Waals surface area contributed by atoms with Crippen LogP contribution in [0.5, 0.6) is 0 Å². The summed E-state index contributed by atoms with van der Waals surface area (Å²) in [6, 6.07) is 6.07. The molecular formula is C18H14ClF4N3O. The van der Waals surface area contributed by atoms with E-state index in [4.69, 9.17) is 11.6 Å². The van der Waals surface area contributed by atoms with Gasteiger partial charge in [-0.15, -0.1) is 0 Å². The first kappa shape index (κ1) is 19.2. The Morgan fingerprint density at radius 1 is 1.33 bits per heavy atom. The first-order valence-electron chi connectivity index (χ1n) is 7.96. The molecular weight excluding hydrogens is 386 g/mol. The Hall–Kier alpha value is -2.61. The first-order chi connectivity index (χ1) is 12.8. The van der Waals surface area contributed by atoms with Crippen molar-refractivity contribution in [2.45, 2.75) is 25.2 Å². The van der Waals surface area contributed by atoms with E-state index >= 15 is 0 Å². The predicted octanol–water partition coefficient (Wildman–Crippen LogP) is 4.30. The molecule has 2 heterocycles. The summed E-state index contributed by atoms with van der Waals surface area (Å²) >= 11 is 5.96. The van der Waals surface area contributed by atoms with Crippen LogP contribution in [0.1, 0.15) is 17.5 Å². The van der Waals surface area contributed by atoms with E-state index in [-0.39, 0.29) is 17.4 Å². The van der Waals surface area contributed by atoms with E-state index in [0.717, 1.165) is 6.07 Å². The number of benzene rings is 1. The lowest BCUT2D eigenvalue weighted by molar-refractivity contribution is -0.137. The van der Waals surface area contributed by atoms with Crippen molar-refractivity contribution in [3.05, 3.63) is 70.8 Å². The van der Waals surface area contributed by atoms with Crippen LogP contribution in [0.3, 0.4) is 0 Å². The number of alkyl halides is 3. The van der Waals surface area contributed by atoms with Crippen LogP contribution >= 0.6 is 11.6 Å². The van der Waals surface area contributed by atoms with Crippen LogP contribution in [0.25, 0.3) is 0 Å². The molecule has 0 saturated heterocycles. The summed E-state index contributed by atoms with van der Waals surface area (Å²) in [5.74, 6) is -0.808. The number of halogens is 5. The quantitative estimate of drug-likeness (QED) is 0.780. The minimum Gasteiger partial charge on any atom is -0.350 e. The van der Waals surface area contributed by atoms with Gasteiger partial charge in [-0.25, -0.2) is 9.37 Å². The van der Waals surface area contributed by atoms with Gasteiger partial charge in [0, 0.05) is 24.5 Å². The molecule has 1 unspecified atom stereocenters. The number of carbonyl (C=O) groups excluding carboxylic acids is 1. The molecule has 0 spiro atoms.